The molecule has 2 unspecified atom stereocenters. The highest BCUT2D eigenvalue weighted by Gasteiger charge is 2.30. The monoisotopic (exact) mass is 616 g/mol. The Morgan fingerprint density at radius 2 is 1.56 bits per heavy atom. The van der Waals surface area contributed by atoms with Crippen molar-refractivity contribution >= 4 is 36.0 Å². The third-order valence-corrected chi connectivity index (χ3v) is 6.39. The van der Waals surface area contributed by atoms with Gasteiger partial charge in [0.2, 0.25) is 17.7 Å². The van der Waals surface area contributed by atoms with E-state index < -0.39 is 59.9 Å². The van der Waals surface area contributed by atoms with Crippen LogP contribution >= 0.6 is 0 Å². The maximum Gasteiger partial charge on any atom is 0.491 e. The molecule has 2 aromatic carbocycles. The molecule has 10 N–H and O–H groups in total. The van der Waals surface area contributed by atoms with E-state index in [0.29, 0.717) is 11.6 Å². The summed E-state index contributed by atoms with van der Waals surface area (Å²) >= 11 is 0. The molecule has 0 saturated heterocycles. The smallest absolute Gasteiger partial charge is 0.423 e. The Kier molecular flexibility index (Phi) is 13.5. The Balaban J connectivity index is 2.19. The molecule has 0 saturated carbocycles. The fraction of sp³-hybridized carbons (Fsp3) is 0.423. The van der Waals surface area contributed by atoms with E-state index in [1.54, 1.807) is 0 Å². The fourth-order valence-electron chi connectivity index (χ4n) is 4.06. The SMILES string of the molecule is NCCN(CCN)C(=O)CCC(N)C(=O)NC(CCc1ccc(C(F)(F)F)cc1)C(=O)Nc1cc(F)c(F)c(B(O)O)c1. The summed E-state index contributed by atoms with van der Waals surface area (Å²) in [5, 5.41) is 23.3. The van der Waals surface area contributed by atoms with E-state index >= 15 is 0 Å². The number of alkyl halides is 3. The lowest BCUT2D eigenvalue weighted by atomic mass is 9.79. The molecular weight excluding hydrogens is 582 g/mol. The molecule has 3 amide bonds. The van der Waals surface area contributed by atoms with Crippen LogP contribution in [0.5, 0.6) is 0 Å². The third-order valence-electron chi connectivity index (χ3n) is 6.39. The number of aryl methyl sites for hydroxylation is 1. The number of anilines is 1. The van der Waals surface area contributed by atoms with Crippen molar-refractivity contribution < 1.29 is 46.4 Å². The van der Waals surface area contributed by atoms with Crippen molar-refractivity contribution in [3.63, 3.8) is 0 Å². The normalized spacial score (nSPS) is 12.8. The van der Waals surface area contributed by atoms with Crippen molar-refractivity contribution in [1.29, 1.82) is 0 Å². The number of carbonyl (C=O) groups excluding carboxylic acids is 3. The topological polar surface area (TPSA) is 197 Å². The van der Waals surface area contributed by atoms with Gasteiger partial charge >= 0.3 is 13.3 Å². The Hall–Kier alpha value is -3.64. The Morgan fingerprint density at radius 1 is 0.953 bits per heavy atom. The van der Waals surface area contributed by atoms with E-state index in [9.17, 15) is 46.4 Å². The number of amides is 3. The third kappa shape index (κ3) is 10.9. The number of hydrogen-bond donors (Lipinski definition) is 7. The maximum absolute atomic E-state index is 14.0. The van der Waals surface area contributed by atoms with Crippen LogP contribution in [-0.4, -0.2) is 78.1 Å². The number of carbonyl (C=O) groups is 3. The molecular formula is C26H34BF5N6O5. The average molecular weight is 616 g/mol. The Morgan fingerprint density at radius 3 is 2.09 bits per heavy atom. The summed E-state index contributed by atoms with van der Waals surface area (Å²) in [5.74, 6) is -5.14. The molecule has 43 heavy (non-hydrogen) atoms. The van der Waals surface area contributed by atoms with Crippen LogP contribution in [0.15, 0.2) is 36.4 Å². The first-order chi connectivity index (χ1) is 20.2. The highest BCUT2D eigenvalue weighted by molar-refractivity contribution is 6.58. The zero-order chi connectivity index (χ0) is 32.3. The van der Waals surface area contributed by atoms with Crippen molar-refractivity contribution in [2.45, 2.75) is 43.9 Å². The highest BCUT2D eigenvalue weighted by atomic mass is 19.4. The second-order valence-electron chi connectivity index (χ2n) is 9.62. The van der Waals surface area contributed by atoms with Gasteiger partial charge in [-0.2, -0.15) is 13.2 Å². The van der Waals surface area contributed by atoms with Gasteiger partial charge in [0.25, 0.3) is 0 Å². The van der Waals surface area contributed by atoms with Gasteiger partial charge in [0.15, 0.2) is 11.6 Å². The summed E-state index contributed by atoms with van der Waals surface area (Å²) in [4.78, 5) is 39.9. The van der Waals surface area contributed by atoms with Crippen LogP contribution in [0.2, 0.25) is 0 Å². The molecule has 2 rings (SSSR count). The molecule has 0 aliphatic carbocycles. The van der Waals surface area contributed by atoms with E-state index in [1.807, 2.05) is 0 Å². The minimum absolute atomic E-state index is 0.00967. The molecule has 17 heteroatoms. The summed E-state index contributed by atoms with van der Waals surface area (Å²) in [5.41, 5.74) is 15.2. The number of halogens is 5. The molecule has 0 aromatic heterocycles. The van der Waals surface area contributed by atoms with Gasteiger partial charge in [-0.1, -0.05) is 12.1 Å². The van der Waals surface area contributed by atoms with Crippen LogP contribution in [0.3, 0.4) is 0 Å². The van der Waals surface area contributed by atoms with Crippen molar-refractivity contribution in [2.75, 3.05) is 31.5 Å². The molecule has 0 spiro atoms. The van der Waals surface area contributed by atoms with Gasteiger partial charge in [-0.25, -0.2) is 8.78 Å². The number of nitrogens with one attached hydrogen (secondary N) is 2. The van der Waals surface area contributed by atoms with Crippen LogP contribution in [0.1, 0.15) is 30.4 Å². The molecule has 0 radical (unpaired) electrons. The lowest BCUT2D eigenvalue weighted by Crippen LogP contribution is -2.50. The zero-order valence-corrected chi connectivity index (χ0v) is 23.0. The minimum Gasteiger partial charge on any atom is -0.423 e. The number of rotatable bonds is 15. The summed E-state index contributed by atoms with van der Waals surface area (Å²) in [7, 11) is -2.40. The van der Waals surface area contributed by atoms with Crippen molar-refractivity contribution in [2.24, 2.45) is 17.2 Å². The van der Waals surface area contributed by atoms with E-state index in [2.05, 4.69) is 10.6 Å². The number of benzene rings is 2. The van der Waals surface area contributed by atoms with Crippen LogP contribution in [-0.2, 0) is 27.0 Å². The number of nitrogens with zero attached hydrogens (tertiary/aromatic N) is 1. The van der Waals surface area contributed by atoms with Crippen LogP contribution < -0.4 is 33.3 Å². The van der Waals surface area contributed by atoms with Gasteiger partial charge in [0, 0.05) is 49.8 Å². The highest BCUT2D eigenvalue weighted by Crippen LogP contribution is 2.29. The lowest BCUT2D eigenvalue weighted by molar-refractivity contribution is -0.137. The predicted octanol–water partition coefficient (Wildman–Crippen LogP) is -0.427. The molecule has 0 bridgehead atoms. The van der Waals surface area contributed by atoms with Gasteiger partial charge in [-0.3, -0.25) is 14.4 Å². The van der Waals surface area contributed by atoms with E-state index in [4.69, 9.17) is 17.2 Å². The first kappa shape index (κ1) is 35.6. The van der Waals surface area contributed by atoms with E-state index in [0.717, 1.165) is 18.2 Å². The Labute approximate surface area is 244 Å². The molecule has 0 fully saturated rings. The van der Waals surface area contributed by atoms with Crippen LogP contribution in [0.4, 0.5) is 27.6 Å². The lowest BCUT2D eigenvalue weighted by Gasteiger charge is -2.23. The maximum atomic E-state index is 14.0. The van der Waals surface area contributed by atoms with Gasteiger partial charge in [-0.05, 0) is 43.0 Å². The second-order valence-corrected chi connectivity index (χ2v) is 9.62. The molecule has 236 valence electrons. The van der Waals surface area contributed by atoms with Gasteiger partial charge in [-0.15, -0.1) is 0 Å². The van der Waals surface area contributed by atoms with Crippen molar-refractivity contribution in [3.8, 4) is 0 Å². The summed E-state index contributed by atoms with van der Waals surface area (Å²) in [6.07, 6.45) is -4.93. The molecule has 2 atom stereocenters. The molecule has 0 aliphatic heterocycles. The van der Waals surface area contributed by atoms with Gasteiger partial charge < -0.3 is 42.8 Å². The number of nitrogens with two attached hydrogens (primary N) is 3. The minimum atomic E-state index is -4.55. The standard InChI is InChI=1S/C26H34BF5N6O5/c28-19-14-17(13-18(23(19)29)27(42)43)36-25(41)21(7-3-15-1-4-16(5-2-15)26(30,31)32)37-24(40)20(35)6-8-22(39)38(11-9-33)12-10-34/h1-2,4-5,13-14,20-21,42-43H,3,6-12,33-35H2,(H,36,41)(H,37,40). The quantitative estimate of drug-likeness (QED) is 0.103. The van der Waals surface area contributed by atoms with E-state index in [-0.39, 0.29) is 63.5 Å². The van der Waals surface area contributed by atoms with E-state index in [1.165, 1.54) is 17.0 Å². The molecule has 2 aromatic rings. The zero-order valence-electron chi connectivity index (χ0n) is 23.0. The summed E-state index contributed by atoms with van der Waals surface area (Å²) < 4.78 is 66.6. The fourth-order valence-corrected chi connectivity index (χ4v) is 4.06. The van der Waals surface area contributed by atoms with Crippen LogP contribution in [0.25, 0.3) is 0 Å². The summed E-state index contributed by atoms with van der Waals surface area (Å²) in [6.45, 7) is 0.904. The van der Waals surface area contributed by atoms with Gasteiger partial charge in [0.1, 0.15) is 6.04 Å². The summed E-state index contributed by atoms with van der Waals surface area (Å²) in [6, 6.07) is 2.86. The van der Waals surface area contributed by atoms with Crippen molar-refractivity contribution in [3.05, 3.63) is 59.2 Å². The largest absolute Gasteiger partial charge is 0.491 e. The first-order valence-electron chi connectivity index (χ1n) is 13.2. The average Bonchev–Trinajstić information content (AvgIpc) is 2.94. The Bertz CT molecular complexity index is 1250. The molecule has 0 heterocycles. The van der Waals surface area contributed by atoms with Crippen molar-refractivity contribution in [1.82, 2.24) is 10.2 Å². The second kappa shape index (κ2) is 16.3. The molecule has 11 nitrogen and oxygen atoms in total. The predicted molar refractivity (Wildman–Crippen MR) is 148 cm³/mol. The first-order valence-corrected chi connectivity index (χ1v) is 13.2. The van der Waals surface area contributed by atoms with Gasteiger partial charge in [0.05, 0.1) is 11.6 Å². The number of hydrogen-bond acceptors (Lipinski definition) is 8. The molecule has 0 aliphatic rings. The van der Waals surface area contributed by atoms with Crippen LogP contribution in [0, 0.1) is 11.6 Å².